The Hall–Kier alpha value is -2.50. The minimum atomic E-state index is -2.56. The largest absolute Gasteiger partial charge is 0.359 e. The van der Waals surface area contributed by atoms with Gasteiger partial charge in [0, 0.05) is 62.9 Å². The lowest BCUT2D eigenvalue weighted by Crippen LogP contribution is -2.79. The van der Waals surface area contributed by atoms with Gasteiger partial charge in [0.2, 0.25) is 11.8 Å². The molecule has 2 bridgehead atoms. The molecule has 2 aliphatic heterocycles. The smallest absolute Gasteiger partial charge is 0.249 e. The third kappa shape index (κ3) is 9.85. The molecule has 4 saturated carbocycles. The normalized spacial score (nSPS) is 27.7. The third-order valence-corrected chi connectivity index (χ3v) is 11.8. The second-order valence-electron chi connectivity index (χ2n) is 15.9. The molecule has 2 aromatic rings. The summed E-state index contributed by atoms with van der Waals surface area (Å²) in [7, 11) is 3.76. The zero-order valence-electron chi connectivity index (χ0n) is 33.2. The molecule has 4 aliphatic carbocycles. The Morgan fingerprint density at radius 3 is 2.21 bits per heavy atom. The van der Waals surface area contributed by atoms with Gasteiger partial charge in [-0.3, -0.25) is 20.3 Å². The van der Waals surface area contributed by atoms with Gasteiger partial charge in [0.1, 0.15) is 18.7 Å². The van der Waals surface area contributed by atoms with Gasteiger partial charge in [0.05, 0.1) is 12.8 Å². The molecule has 53 heavy (non-hydrogen) atoms. The first-order valence-corrected chi connectivity index (χ1v) is 19.5. The van der Waals surface area contributed by atoms with Crippen molar-refractivity contribution in [1.29, 1.82) is 0 Å². The molecule has 0 aromatic heterocycles. The van der Waals surface area contributed by atoms with Crippen LogP contribution in [0.1, 0.15) is 113 Å². The summed E-state index contributed by atoms with van der Waals surface area (Å²) in [5.41, 5.74) is 2.54. The Morgan fingerprint density at radius 2 is 1.64 bits per heavy atom. The highest BCUT2D eigenvalue weighted by Gasteiger charge is 2.73. The van der Waals surface area contributed by atoms with E-state index in [0.29, 0.717) is 32.7 Å². The van der Waals surface area contributed by atoms with Crippen molar-refractivity contribution in [2.24, 2.45) is 10.8 Å². The first-order valence-electron chi connectivity index (χ1n) is 19.5. The standard InChI is InChI=1S/C28H39F3N4O.C10H14O2.2C2H6.CH4.H2/c1-5-19-7-6-18(10-20(19)29)11-34(4)27-14-26(15-27,16-27)23-32-21(24(2,3)33-23)22(36)35-9-8-25(17-35)12-28(30,31)13-25;1-11-9-12-8-7-10-5-3-2-4-6-10;2*1-2;;/h6-7,10,21,23,32-33H,5,8-9,11-17H2,1-4H3;2-6H,7-9H2,1H3;2*1-2H3;1H4;1H/t21-,23?,26?,27?;;;;;/m0...../s1. The van der Waals surface area contributed by atoms with Crippen LogP contribution in [-0.2, 0) is 33.7 Å². The molecule has 6 aliphatic rings. The molecule has 8 rings (SSSR count). The Kier molecular flexibility index (Phi) is 15.6. The van der Waals surface area contributed by atoms with Crippen molar-refractivity contribution in [3.8, 4) is 0 Å². The van der Waals surface area contributed by atoms with E-state index < -0.39 is 11.5 Å². The zero-order chi connectivity index (χ0) is 38.4. The van der Waals surface area contributed by atoms with Gasteiger partial charge in [-0.1, -0.05) is 84.5 Å². The van der Waals surface area contributed by atoms with Crippen molar-refractivity contribution in [3.63, 3.8) is 0 Å². The van der Waals surface area contributed by atoms with E-state index in [1.807, 2.05) is 69.9 Å². The lowest BCUT2D eigenvalue weighted by atomic mass is 9.37. The number of likely N-dealkylation sites (tertiary alicyclic amines) is 1. The average molecular weight is 749 g/mol. The molecule has 2 N–H and O–H groups in total. The fourth-order valence-electron chi connectivity index (χ4n) is 9.14. The SMILES string of the molecule is C.CC.CC.CCc1ccc(CN(C)C23CC(C4N[C@@H](C(=O)N5CCC6(C5)CC(F)(F)C6)C(C)(C)N4)(C2)C3)cc1F.COCOCCc1ccccc1.[HH]. The summed E-state index contributed by atoms with van der Waals surface area (Å²) in [4.78, 5) is 17.7. The number of carbonyl (C=O) groups is 1. The predicted molar refractivity (Wildman–Crippen MR) is 212 cm³/mol. The third-order valence-electron chi connectivity index (χ3n) is 11.8. The van der Waals surface area contributed by atoms with Crippen LogP contribution in [0.4, 0.5) is 13.2 Å². The predicted octanol–water partition coefficient (Wildman–Crippen LogP) is 8.84. The van der Waals surface area contributed by atoms with Crippen molar-refractivity contribution in [2.45, 2.75) is 143 Å². The number of amides is 1. The molecular formula is C43H71F3N4O3. The van der Waals surface area contributed by atoms with Crippen LogP contribution in [0.5, 0.6) is 0 Å². The van der Waals surface area contributed by atoms with Gasteiger partial charge >= 0.3 is 0 Å². The summed E-state index contributed by atoms with van der Waals surface area (Å²) < 4.78 is 51.2. The Bertz CT molecular complexity index is 1430. The van der Waals surface area contributed by atoms with E-state index in [9.17, 15) is 18.0 Å². The first kappa shape index (κ1) is 44.9. The van der Waals surface area contributed by atoms with Crippen LogP contribution in [-0.4, -0.2) is 85.6 Å². The van der Waals surface area contributed by atoms with Gasteiger partial charge in [-0.15, -0.1) is 0 Å². The summed E-state index contributed by atoms with van der Waals surface area (Å²) in [5.74, 6) is -2.64. The molecule has 1 amide bonds. The molecule has 302 valence electrons. The highest BCUT2D eigenvalue weighted by atomic mass is 19.3. The van der Waals surface area contributed by atoms with Gasteiger partial charge in [0.25, 0.3) is 0 Å². The van der Waals surface area contributed by atoms with Gasteiger partial charge in [-0.2, -0.15) is 0 Å². The summed E-state index contributed by atoms with van der Waals surface area (Å²) in [6, 6.07) is 15.5. The summed E-state index contributed by atoms with van der Waals surface area (Å²) in [6.45, 7) is 17.0. The minimum absolute atomic E-state index is 0. The van der Waals surface area contributed by atoms with Crippen LogP contribution in [0.25, 0.3) is 0 Å². The van der Waals surface area contributed by atoms with E-state index in [-0.39, 0.29) is 62.0 Å². The number of halogens is 3. The molecule has 10 heteroatoms. The lowest BCUT2D eigenvalue weighted by Gasteiger charge is -2.75. The molecule has 2 aromatic carbocycles. The number of ether oxygens (including phenoxy) is 2. The van der Waals surface area contributed by atoms with Crippen molar-refractivity contribution >= 4 is 5.91 Å². The van der Waals surface area contributed by atoms with Gasteiger partial charge in [-0.05, 0) is 82.2 Å². The first-order chi connectivity index (χ1) is 24.7. The maximum atomic E-state index is 14.3. The number of methoxy groups -OCH3 is 1. The van der Waals surface area contributed by atoms with E-state index in [0.717, 1.165) is 50.0 Å². The van der Waals surface area contributed by atoms with Crippen LogP contribution in [0, 0.1) is 16.6 Å². The second kappa shape index (κ2) is 18.4. The Balaban J connectivity index is 0.000000477. The zero-order valence-corrected chi connectivity index (χ0v) is 33.2. The minimum Gasteiger partial charge on any atom is -0.359 e. The van der Waals surface area contributed by atoms with Gasteiger partial charge < -0.3 is 14.4 Å². The molecule has 2 atom stereocenters. The fraction of sp³-hybridized carbons (Fsp3) is 0.698. The van der Waals surface area contributed by atoms with Crippen LogP contribution in [0.15, 0.2) is 48.5 Å². The summed E-state index contributed by atoms with van der Waals surface area (Å²) >= 11 is 0. The number of alkyl halides is 2. The Morgan fingerprint density at radius 1 is 1.00 bits per heavy atom. The highest BCUT2D eigenvalue weighted by Crippen LogP contribution is 2.71. The number of benzene rings is 2. The highest BCUT2D eigenvalue weighted by molar-refractivity contribution is 5.84. The number of hydrogen-bond acceptors (Lipinski definition) is 6. The maximum absolute atomic E-state index is 14.3. The number of nitrogens with zero attached hydrogens (tertiary/aromatic N) is 2. The van der Waals surface area contributed by atoms with Crippen LogP contribution in [0.2, 0.25) is 0 Å². The van der Waals surface area contributed by atoms with E-state index >= 15 is 0 Å². The molecular weight excluding hydrogens is 677 g/mol. The fourth-order valence-corrected chi connectivity index (χ4v) is 9.14. The summed E-state index contributed by atoms with van der Waals surface area (Å²) in [6.07, 6.45) is 5.38. The number of hydrogen-bond donors (Lipinski definition) is 2. The molecule has 7 nitrogen and oxygen atoms in total. The van der Waals surface area contributed by atoms with Crippen molar-refractivity contribution in [1.82, 2.24) is 20.4 Å². The summed E-state index contributed by atoms with van der Waals surface area (Å²) in [5, 5.41) is 7.33. The van der Waals surface area contributed by atoms with Gasteiger partial charge in [0.15, 0.2) is 0 Å². The number of rotatable bonds is 11. The quantitative estimate of drug-likeness (QED) is 0.177. The van der Waals surface area contributed by atoms with Crippen molar-refractivity contribution < 1.29 is 28.9 Å². The van der Waals surface area contributed by atoms with Crippen LogP contribution >= 0.6 is 0 Å². The molecule has 2 heterocycles. The molecule has 2 saturated heterocycles. The lowest BCUT2D eigenvalue weighted by molar-refractivity contribution is -0.233. The van der Waals surface area contributed by atoms with Gasteiger partial charge in [-0.25, -0.2) is 13.2 Å². The number of aryl methyl sites for hydroxylation is 1. The van der Waals surface area contributed by atoms with E-state index in [1.54, 1.807) is 13.2 Å². The number of nitrogens with one attached hydrogen (secondary N) is 2. The van der Waals surface area contributed by atoms with E-state index in [2.05, 4.69) is 48.6 Å². The van der Waals surface area contributed by atoms with Crippen LogP contribution < -0.4 is 10.6 Å². The van der Waals surface area contributed by atoms with E-state index in [4.69, 9.17) is 9.47 Å². The molecule has 6 fully saturated rings. The second-order valence-corrected chi connectivity index (χ2v) is 15.9. The average Bonchev–Trinajstić information content (AvgIpc) is 3.64. The molecule has 0 radical (unpaired) electrons. The monoisotopic (exact) mass is 749 g/mol. The topological polar surface area (TPSA) is 66.1 Å². The molecule has 1 unspecified atom stereocenters. The van der Waals surface area contributed by atoms with Crippen LogP contribution in [0.3, 0.4) is 0 Å². The number of carbonyl (C=O) groups excluding carboxylic acids is 1. The Labute approximate surface area is 320 Å². The van der Waals surface area contributed by atoms with Crippen molar-refractivity contribution in [3.05, 3.63) is 71.0 Å². The maximum Gasteiger partial charge on any atom is 0.249 e. The molecule has 1 spiro atoms. The van der Waals surface area contributed by atoms with E-state index in [1.165, 1.54) is 5.56 Å². The van der Waals surface area contributed by atoms with Crippen molar-refractivity contribution in [2.75, 3.05) is 40.6 Å².